The molecule has 0 bridgehead atoms. The number of carbonyl (C=O) groups excluding carboxylic acids is 2. The van der Waals surface area contributed by atoms with Crippen LogP contribution in [0, 0.1) is 23.2 Å². The summed E-state index contributed by atoms with van der Waals surface area (Å²) < 4.78 is 44.5. The van der Waals surface area contributed by atoms with Gasteiger partial charge in [0, 0.05) is 32.1 Å². The molecule has 0 aromatic heterocycles. The number of hydrogen-bond acceptors (Lipinski definition) is 5. The van der Waals surface area contributed by atoms with Gasteiger partial charge in [-0.05, 0) is 58.7 Å². The van der Waals surface area contributed by atoms with E-state index in [1.54, 1.807) is 27.8 Å². The van der Waals surface area contributed by atoms with Crippen molar-refractivity contribution in [3.8, 4) is 17.9 Å². The van der Waals surface area contributed by atoms with Crippen molar-refractivity contribution in [1.82, 2.24) is 4.90 Å². The molecule has 0 aliphatic heterocycles. The molecule has 2 amide bonds. The molecule has 1 unspecified atom stereocenters. The first-order chi connectivity index (χ1) is 15.6. The van der Waals surface area contributed by atoms with Crippen LogP contribution in [-0.4, -0.2) is 46.8 Å². The Hall–Kier alpha value is -3.24. The van der Waals surface area contributed by atoms with Crippen molar-refractivity contribution in [2.24, 2.45) is 0 Å². The van der Waals surface area contributed by atoms with Crippen LogP contribution in [0.4, 0.5) is 23.7 Å². The fourth-order valence-corrected chi connectivity index (χ4v) is 2.62. The first kappa shape index (κ1) is 28.8. The average molecular weight is 482 g/mol. The molecule has 34 heavy (non-hydrogen) atoms. The second-order valence-electron chi connectivity index (χ2n) is 8.99. The molecular weight excluding hydrogens is 451 g/mol. The molecule has 1 aromatic carbocycles. The number of nitrogens with one attached hydrogen (secondary N) is 1. The SMILES string of the molecule is CN(CCCCC#CCC(C)(O)C(=O)Nc1ccc(C#N)c(C(F)(F)F)c1)C(=O)OC(C)(C)C. The van der Waals surface area contributed by atoms with Crippen molar-refractivity contribution in [3.05, 3.63) is 29.3 Å². The van der Waals surface area contributed by atoms with Gasteiger partial charge >= 0.3 is 12.3 Å². The number of nitrogens with zero attached hydrogens (tertiary/aromatic N) is 2. The topological polar surface area (TPSA) is 103 Å². The van der Waals surface area contributed by atoms with E-state index in [4.69, 9.17) is 10.00 Å². The van der Waals surface area contributed by atoms with E-state index < -0.39 is 40.5 Å². The summed E-state index contributed by atoms with van der Waals surface area (Å²) in [4.78, 5) is 25.7. The number of ether oxygens (including phenoxy) is 1. The summed E-state index contributed by atoms with van der Waals surface area (Å²) in [6, 6.07) is 4.21. The fraction of sp³-hybridized carbons (Fsp3) is 0.542. The Morgan fingerprint density at radius 2 is 1.79 bits per heavy atom. The number of carbonyl (C=O) groups is 2. The second kappa shape index (κ2) is 11.8. The van der Waals surface area contributed by atoms with Gasteiger partial charge < -0.3 is 20.1 Å². The number of amides is 2. The molecule has 0 aliphatic carbocycles. The van der Waals surface area contributed by atoms with Crippen LogP contribution in [0.2, 0.25) is 0 Å². The van der Waals surface area contributed by atoms with Gasteiger partial charge in [0.25, 0.3) is 5.91 Å². The Kier molecular flexibility index (Phi) is 9.95. The summed E-state index contributed by atoms with van der Waals surface area (Å²) in [5, 5.41) is 21.4. The van der Waals surface area contributed by atoms with Crippen molar-refractivity contribution < 1.29 is 32.6 Å². The number of rotatable bonds is 7. The summed E-state index contributed by atoms with van der Waals surface area (Å²) >= 11 is 0. The zero-order valence-corrected chi connectivity index (χ0v) is 20.0. The molecule has 10 heteroatoms. The van der Waals surface area contributed by atoms with Gasteiger partial charge in [-0.25, -0.2) is 4.79 Å². The van der Waals surface area contributed by atoms with Crippen molar-refractivity contribution in [3.63, 3.8) is 0 Å². The molecule has 1 atom stereocenters. The Morgan fingerprint density at radius 1 is 1.15 bits per heavy atom. The van der Waals surface area contributed by atoms with Gasteiger partial charge in [0.15, 0.2) is 5.60 Å². The average Bonchev–Trinajstić information content (AvgIpc) is 2.70. The van der Waals surface area contributed by atoms with Crippen molar-refractivity contribution >= 4 is 17.7 Å². The lowest BCUT2D eigenvalue weighted by atomic mass is 10.0. The summed E-state index contributed by atoms with van der Waals surface area (Å²) in [5.41, 5.74) is -4.44. The number of hydrogen-bond donors (Lipinski definition) is 2. The monoisotopic (exact) mass is 481 g/mol. The first-order valence-corrected chi connectivity index (χ1v) is 10.6. The molecule has 1 rings (SSSR count). The molecule has 2 N–H and O–H groups in total. The van der Waals surface area contributed by atoms with Gasteiger partial charge in [-0.3, -0.25) is 4.79 Å². The van der Waals surface area contributed by atoms with Gasteiger partial charge in [-0.2, -0.15) is 18.4 Å². The third kappa shape index (κ3) is 9.72. The van der Waals surface area contributed by atoms with Crippen molar-refractivity contribution in [1.29, 1.82) is 5.26 Å². The predicted octanol–water partition coefficient (Wildman–Crippen LogP) is 4.70. The maximum absolute atomic E-state index is 13.1. The molecule has 0 fully saturated rings. The normalized spacial score (nSPS) is 13.1. The van der Waals surface area contributed by atoms with Crippen molar-refractivity contribution in [2.75, 3.05) is 18.9 Å². The van der Waals surface area contributed by atoms with E-state index in [9.17, 15) is 27.9 Å². The number of anilines is 1. The number of benzene rings is 1. The van der Waals surface area contributed by atoms with Gasteiger partial charge in [-0.15, -0.1) is 5.92 Å². The summed E-state index contributed by atoms with van der Waals surface area (Å²) in [6.45, 7) is 7.05. The van der Waals surface area contributed by atoms with Crippen molar-refractivity contribution in [2.45, 2.75) is 70.8 Å². The zero-order valence-electron chi connectivity index (χ0n) is 20.0. The highest BCUT2D eigenvalue weighted by atomic mass is 19.4. The summed E-state index contributed by atoms with van der Waals surface area (Å²) in [5.74, 6) is 4.62. The van der Waals surface area contributed by atoms with Crippen LogP contribution in [-0.2, 0) is 15.7 Å². The minimum Gasteiger partial charge on any atom is -0.444 e. The standard InChI is InChI=1S/C24H30F3N3O4/c1-22(2,3)34-21(32)30(5)14-10-8-6-7-9-13-23(4,33)20(31)29-18-12-11-17(16-28)19(15-18)24(25,26)27/h11-12,15,33H,6,8,10,13-14H2,1-5H3,(H,29,31). The van der Waals surface area contributed by atoms with Crippen LogP contribution >= 0.6 is 0 Å². The van der Waals surface area contributed by atoms with E-state index >= 15 is 0 Å². The Morgan fingerprint density at radius 3 is 2.35 bits per heavy atom. The quantitative estimate of drug-likeness (QED) is 0.434. The van der Waals surface area contributed by atoms with Gasteiger partial charge in [0.05, 0.1) is 17.2 Å². The highest BCUT2D eigenvalue weighted by Gasteiger charge is 2.35. The lowest BCUT2D eigenvalue weighted by Crippen LogP contribution is -2.39. The summed E-state index contributed by atoms with van der Waals surface area (Å²) in [6.07, 6.45) is -3.56. The molecule has 0 spiro atoms. The Bertz CT molecular complexity index is 980. The van der Waals surface area contributed by atoms with E-state index in [-0.39, 0.29) is 12.1 Å². The zero-order chi connectivity index (χ0) is 26.2. The molecule has 0 heterocycles. The van der Waals surface area contributed by atoms with Crippen LogP contribution in [0.15, 0.2) is 18.2 Å². The minimum absolute atomic E-state index is 0.196. The molecule has 186 valence electrons. The first-order valence-electron chi connectivity index (χ1n) is 10.6. The molecule has 0 saturated carbocycles. The lowest BCUT2D eigenvalue weighted by Gasteiger charge is -2.24. The van der Waals surface area contributed by atoms with Crippen LogP contribution < -0.4 is 5.32 Å². The van der Waals surface area contributed by atoms with E-state index in [1.807, 2.05) is 0 Å². The van der Waals surface area contributed by atoms with Gasteiger partial charge in [0.1, 0.15) is 5.60 Å². The Balaban J connectivity index is 2.55. The predicted molar refractivity (Wildman–Crippen MR) is 121 cm³/mol. The second-order valence-corrected chi connectivity index (χ2v) is 8.99. The molecule has 0 saturated heterocycles. The molecular formula is C24H30F3N3O4. The fourth-order valence-electron chi connectivity index (χ4n) is 2.62. The van der Waals surface area contributed by atoms with Crippen LogP contribution in [0.1, 0.15) is 64.5 Å². The van der Waals surface area contributed by atoms with E-state index in [0.717, 1.165) is 12.1 Å². The maximum Gasteiger partial charge on any atom is 0.417 e. The third-order valence-electron chi connectivity index (χ3n) is 4.50. The van der Waals surface area contributed by atoms with Crippen LogP contribution in [0.25, 0.3) is 0 Å². The Labute approximate surface area is 197 Å². The highest BCUT2D eigenvalue weighted by Crippen LogP contribution is 2.33. The van der Waals surface area contributed by atoms with Gasteiger partial charge in [-0.1, -0.05) is 5.92 Å². The number of halogens is 3. The van der Waals surface area contributed by atoms with Crippen LogP contribution in [0.5, 0.6) is 0 Å². The molecule has 7 nitrogen and oxygen atoms in total. The minimum atomic E-state index is -4.76. The van der Waals surface area contributed by atoms with Crippen LogP contribution in [0.3, 0.4) is 0 Å². The molecule has 0 radical (unpaired) electrons. The van der Waals surface area contributed by atoms with E-state index in [0.29, 0.717) is 31.9 Å². The summed E-state index contributed by atoms with van der Waals surface area (Å²) in [7, 11) is 1.64. The van der Waals surface area contributed by atoms with Gasteiger partial charge in [0.2, 0.25) is 0 Å². The molecule has 0 aliphatic rings. The number of unbranched alkanes of at least 4 members (excludes halogenated alkanes) is 2. The van der Waals surface area contributed by atoms with E-state index in [2.05, 4.69) is 17.2 Å². The highest BCUT2D eigenvalue weighted by molar-refractivity contribution is 5.97. The van der Waals surface area contributed by atoms with E-state index in [1.165, 1.54) is 17.9 Å². The maximum atomic E-state index is 13.1. The number of alkyl halides is 3. The smallest absolute Gasteiger partial charge is 0.417 e. The number of nitriles is 1. The largest absolute Gasteiger partial charge is 0.444 e. The third-order valence-corrected chi connectivity index (χ3v) is 4.50. The lowest BCUT2D eigenvalue weighted by molar-refractivity contribution is -0.138. The number of aliphatic hydroxyl groups is 1. The molecule has 1 aromatic rings.